The van der Waals surface area contributed by atoms with Crippen LogP contribution in [0.25, 0.3) is 0 Å². The summed E-state index contributed by atoms with van der Waals surface area (Å²) in [6.45, 7) is 6.14. The number of carboxylic acid groups (broad SMARTS) is 1. The highest BCUT2D eigenvalue weighted by Gasteiger charge is 2.39. The van der Waals surface area contributed by atoms with E-state index >= 15 is 0 Å². The van der Waals surface area contributed by atoms with E-state index in [1.165, 1.54) is 4.90 Å². The predicted octanol–water partition coefficient (Wildman–Crippen LogP) is 2.16. The van der Waals surface area contributed by atoms with E-state index < -0.39 is 6.09 Å². The van der Waals surface area contributed by atoms with E-state index in [1.807, 2.05) is 12.1 Å². The van der Waals surface area contributed by atoms with E-state index in [0.717, 1.165) is 5.56 Å². The second kappa shape index (κ2) is 6.10. The molecule has 23 heavy (non-hydrogen) atoms. The van der Waals surface area contributed by atoms with Crippen molar-refractivity contribution < 1.29 is 19.4 Å². The summed E-state index contributed by atoms with van der Waals surface area (Å²) in [5, 5.41) is 12.1. The minimum absolute atomic E-state index is 0.0548. The van der Waals surface area contributed by atoms with Crippen LogP contribution in [0.15, 0.2) is 18.2 Å². The van der Waals surface area contributed by atoms with E-state index in [0.29, 0.717) is 43.5 Å². The average Bonchev–Trinajstić information content (AvgIpc) is 2.89. The number of nitrogens with one attached hydrogen (secondary N) is 1. The van der Waals surface area contributed by atoms with Crippen molar-refractivity contribution in [1.29, 1.82) is 0 Å². The molecule has 1 fully saturated rings. The number of rotatable bonds is 3. The Morgan fingerprint density at radius 2 is 2.22 bits per heavy atom. The van der Waals surface area contributed by atoms with Crippen LogP contribution in [0.4, 0.5) is 4.79 Å². The Bertz CT molecular complexity index is 629. The number of likely N-dealkylation sites (tertiary alicyclic amines) is 1. The molecular weight excluding hydrogens is 296 g/mol. The second-order valence-electron chi connectivity index (χ2n) is 6.72. The van der Waals surface area contributed by atoms with E-state index in [2.05, 4.69) is 19.2 Å². The summed E-state index contributed by atoms with van der Waals surface area (Å²) in [4.78, 5) is 25.0. The van der Waals surface area contributed by atoms with Crippen LogP contribution in [0.5, 0.6) is 5.75 Å². The Labute approximate surface area is 135 Å². The molecule has 2 heterocycles. The molecule has 2 aliphatic heterocycles. The molecule has 0 saturated carbocycles. The first-order valence-corrected chi connectivity index (χ1v) is 7.98. The molecule has 2 atom stereocenters. The number of benzene rings is 1. The lowest BCUT2D eigenvalue weighted by molar-refractivity contribution is 0.0951. The third-order valence-electron chi connectivity index (χ3n) is 4.49. The summed E-state index contributed by atoms with van der Waals surface area (Å²) in [7, 11) is 0. The largest absolute Gasteiger partial charge is 0.493 e. The highest BCUT2D eigenvalue weighted by molar-refractivity contribution is 5.96. The quantitative estimate of drug-likeness (QED) is 0.895. The van der Waals surface area contributed by atoms with Crippen LogP contribution in [0, 0.1) is 11.8 Å². The fourth-order valence-corrected chi connectivity index (χ4v) is 3.31. The molecular formula is C17H22N2O4. The first-order chi connectivity index (χ1) is 11.0. The first-order valence-electron chi connectivity index (χ1n) is 7.98. The zero-order valence-corrected chi connectivity index (χ0v) is 13.4. The maximum atomic E-state index is 12.3. The van der Waals surface area contributed by atoms with Crippen LogP contribution in [0.3, 0.4) is 0 Å². The van der Waals surface area contributed by atoms with Crippen molar-refractivity contribution in [1.82, 2.24) is 10.2 Å². The fourth-order valence-electron chi connectivity index (χ4n) is 3.31. The molecule has 6 nitrogen and oxygen atoms in total. The van der Waals surface area contributed by atoms with Gasteiger partial charge in [0.15, 0.2) is 0 Å². The monoisotopic (exact) mass is 318 g/mol. The zero-order chi connectivity index (χ0) is 16.6. The molecule has 0 aliphatic carbocycles. The molecule has 0 radical (unpaired) electrons. The summed E-state index contributed by atoms with van der Waals surface area (Å²) in [6, 6.07) is 5.57. The van der Waals surface area contributed by atoms with Crippen LogP contribution in [-0.2, 0) is 0 Å². The molecule has 0 aromatic heterocycles. The number of nitrogens with zero attached hydrogens (tertiary/aromatic N) is 1. The van der Waals surface area contributed by atoms with Crippen LogP contribution in [0.1, 0.15) is 35.7 Å². The molecule has 2 amide bonds. The Hall–Kier alpha value is -2.24. The van der Waals surface area contributed by atoms with Crippen molar-refractivity contribution in [3.8, 4) is 5.75 Å². The van der Waals surface area contributed by atoms with E-state index in [1.54, 1.807) is 6.07 Å². The lowest BCUT2D eigenvalue weighted by Crippen LogP contribution is -2.31. The van der Waals surface area contributed by atoms with Crippen molar-refractivity contribution in [3.05, 3.63) is 29.3 Å². The summed E-state index contributed by atoms with van der Waals surface area (Å²) < 4.78 is 5.71. The number of carbonyl (C=O) groups excluding carboxylic acids is 1. The van der Waals surface area contributed by atoms with Crippen LogP contribution in [-0.4, -0.2) is 48.2 Å². The van der Waals surface area contributed by atoms with Gasteiger partial charge in [-0.2, -0.15) is 0 Å². The minimum Gasteiger partial charge on any atom is -0.493 e. The summed E-state index contributed by atoms with van der Waals surface area (Å²) in [6.07, 6.45) is -0.900. The molecule has 2 N–H and O–H groups in total. The zero-order valence-electron chi connectivity index (χ0n) is 13.4. The second-order valence-corrected chi connectivity index (χ2v) is 6.72. The van der Waals surface area contributed by atoms with Gasteiger partial charge in [-0.05, 0) is 23.6 Å². The topological polar surface area (TPSA) is 78.9 Å². The normalized spacial score (nSPS) is 23.1. The Morgan fingerprint density at radius 1 is 1.43 bits per heavy atom. The molecule has 3 rings (SSSR count). The van der Waals surface area contributed by atoms with Gasteiger partial charge in [0.1, 0.15) is 5.75 Å². The van der Waals surface area contributed by atoms with Crippen LogP contribution < -0.4 is 10.1 Å². The Morgan fingerprint density at radius 3 is 2.91 bits per heavy atom. The summed E-state index contributed by atoms with van der Waals surface area (Å²) >= 11 is 0. The molecule has 1 aromatic rings. The van der Waals surface area contributed by atoms with Gasteiger partial charge in [-0.25, -0.2) is 4.79 Å². The lowest BCUT2D eigenvalue weighted by atomic mass is 9.87. The molecule has 6 heteroatoms. The number of ether oxygens (including phenoxy) is 1. The highest BCUT2D eigenvalue weighted by atomic mass is 16.5. The molecule has 2 unspecified atom stereocenters. The van der Waals surface area contributed by atoms with Gasteiger partial charge in [0.25, 0.3) is 5.91 Å². The number of amides is 2. The van der Waals surface area contributed by atoms with Crippen molar-refractivity contribution in [2.75, 3.05) is 26.2 Å². The van der Waals surface area contributed by atoms with Crippen molar-refractivity contribution in [2.24, 2.45) is 11.8 Å². The van der Waals surface area contributed by atoms with Gasteiger partial charge < -0.3 is 20.1 Å². The standard InChI is InChI=1S/C17H22N2O4/c1-10(2)9-23-12-3-4-13-14(5-12)16(20)18-6-11-7-19(17(21)22)8-15(11)13/h3-5,10-11,15H,6-9H2,1-2H3,(H,18,20)(H,21,22). The Balaban J connectivity index is 1.89. The Kier molecular flexibility index (Phi) is 4.15. The maximum Gasteiger partial charge on any atom is 0.407 e. The number of hydrogen-bond donors (Lipinski definition) is 2. The van der Waals surface area contributed by atoms with Gasteiger partial charge in [0, 0.05) is 37.0 Å². The molecule has 0 spiro atoms. The van der Waals surface area contributed by atoms with Crippen LogP contribution in [0.2, 0.25) is 0 Å². The molecule has 2 aliphatic rings. The molecule has 1 saturated heterocycles. The summed E-state index contributed by atoms with van der Waals surface area (Å²) in [5.74, 6) is 1.16. The van der Waals surface area contributed by atoms with Crippen LogP contribution >= 0.6 is 0 Å². The fraction of sp³-hybridized carbons (Fsp3) is 0.529. The molecule has 0 bridgehead atoms. The molecule has 1 aromatic carbocycles. The van der Waals surface area contributed by atoms with Gasteiger partial charge in [0.05, 0.1) is 6.61 Å². The van der Waals surface area contributed by atoms with Gasteiger partial charge in [0.2, 0.25) is 0 Å². The van der Waals surface area contributed by atoms with E-state index in [9.17, 15) is 14.7 Å². The SMILES string of the molecule is CC(C)COc1ccc2c(c1)C(=O)NCC1CN(C(=O)O)CC21. The van der Waals surface area contributed by atoms with Crippen molar-refractivity contribution in [3.63, 3.8) is 0 Å². The number of fused-ring (bicyclic) bond motifs is 3. The number of carbonyl (C=O) groups is 2. The lowest BCUT2D eigenvalue weighted by Gasteiger charge is -2.17. The third kappa shape index (κ3) is 3.11. The third-order valence-corrected chi connectivity index (χ3v) is 4.49. The highest BCUT2D eigenvalue weighted by Crippen LogP contribution is 2.37. The minimum atomic E-state index is -0.900. The van der Waals surface area contributed by atoms with Gasteiger partial charge >= 0.3 is 6.09 Å². The maximum absolute atomic E-state index is 12.3. The van der Waals surface area contributed by atoms with Crippen molar-refractivity contribution in [2.45, 2.75) is 19.8 Å². The van der Waals surface area contributed by atoms with E-state index in [4.69, 9.17) is 4.74 Å². The smallest absolute Gasteiger partial charge is 0.407 e. The number of hydrogen-bond acceptors (Lipinski definition) is 3. The van der Waals surface area contributed by atoms with Crippen molar-refractivity contribution >= 4 is 12.0 Å². The predicted molar refractivity (Wildman–Crippen MR) is 84.9 cm³/mol. The van der Waals surface area contributed by atoms with Gasteiger partial charge in [-0.3, -0.25) is 4.79 Å². The molecule has 124 valence electrons. The van der Waals surface area contributed by atoms with E-state index in [-0.39, 0.29) is 17.7 Å². The average molecular weight is 318 g/mol. The summed E-state index contributed by atoms with van der Waals surface area (Å²) in [5.41, 5.74) is 1.52. The van der Waals surface area contributed by atoms with Gasteiger partial charge in [-0.15, -0.1) is 0 Å². The van der Waals surface area contributed by atoms with Gasteiger partial charge in [-0.1, -0.05) is 19.9 Å². The first kappa shape index (κ1) is 15.6.